The van der Waals surface area contributed by atoms with Gasteiger partial charge in [0, 0.05) is 23.7 Å². The molecule has 2 aromatic carbocycles. The summed E-state index contributed by atoms with van der Waals surface area (Å²) in [7, 11) is 3.21. The highest BCUT2D eigenvalue weighted by Crippen LogP contribution is 2.34. The number of hydrogen-bond acceptors (Lipinski definition) is 8. The first-order valence-corrected chi connectivity index (χ1v) is 13.8. The summed E-state index contributed by atoms with van der Waals surface area (Å²) < 4.78 is 5.58. The standard InChI is InChI=1S/C30H39N7O4.ClH/c1-18(31-5)27(38)36-25(30(2,3)4)29(40)37-14-10-13-23(37)28(39)35-22-15-20-21(16-24(22)41-6)32-17-33-26(20)34-19-11-8-7-9-12-19;/h7-9,11-12,15-18,23,25,31H,10,13-14H2,1-6H3,(H,35,39)(H,36,38)(H,32,33,34);1H/t18-,23-,25+;/m0./s1. The van der Waals surface area contributed by atoms with Gasteiger partial charge in [-0.1, -0.05) is 39.0 Å². The number of benzene rings is 2. The van der Waals surface area contributed by atoms with Crippen LogP contribution in [0.25, 0.3) is 10.9 Å². The molecule has 0 aliphatic carbocycles. The number of methoxy groups -OCH3 is 1. The van der Waals surface area contributed by atoms with Gasteiger partial charge in [0.1, 0.15) is 30.0 Å². The lowest BCUT2D eigenvalue weighted by atomic mass is 9.85. The van der Waals surface area contributed by atoms with Gasteiger partial charge in [-0.3, -0.25) is 14.4 Å². The van der Waals surface area contributed by atoms with E-state index in [-0.39, 0.29) is 30.1 Å². The van der Waals surface area contributed by atoms with Crippen molar-refractivity contribution in [3.05, 3.63) is 48.8 Å². The maximum absolute atomic E-state index is 13.8. The van der Waals surface area contributed by atoms with Crippen molar-refractivity contribution in [2.24, 2.45) is 5.41 Å². The molecule has 226 valence electrons. The van der Waals surface area contributed by atoms with E-state index in [1.54, 1.807) is 31.0 Å². The second kappa shape index (κ2) is 13.8. The molecule has 12 heteroatoms. The highest BCUT2D eigenvalue weighted by molar-refractivity contribution is 6.03. The number of aromatic nitrogens is 2. The molecule has 11 nitrogen and oxygen atoms in total. The van der Waals surface area contributed by atoms with Gasteiger partial charge < -0.3 is 30.9 Å². The molecule has 0 radical (unpaired) electrons. The Morgan fingerprint density at radius 1 is 1.10 bits per heavy atom. The summed E-state index contributed by atoms with van der Waals surface area (Å²) in [4.78, 5) is 50.5. The molecule has 1 aliphatic heterocycles. The molecule has 1 aliphatic rings. The molecule has 1 fully saturated rings. The number of nitrogens with one attached hydrogen (secondary N) is 4. The van der Waals surface area contributed by atoms with E-state index in [2.05, 4.69) is 31.2 Å². The lowest BCUT2D eigenvalue weighted by Crippen LogP contribution is -2.59. The Morgan fingerprint density at radius 3 is 2.45 bits per heavy atom. The van der Waals surface area contributed by atoms with E-state index in [0.717, 1.165) is 5.69 Å². The van der Waals surface area contributed by atoms with Crippen LogP contribution in [0.4, 0.5) is 17.2 Å². The van der Waals surface area contributed by atoms with Gasteiger partial charge >= 0.3 is 0 Å². The van der Waals surface area contributed by atoms with E-state index in [9.17, 15) is 14.4 Å². The van der Waals surface area contributed by atoms with Crippen molar-refractivity contribution in [1.29, 1.82) is 0 Å². The molecular formula is C30H40ClN7O4. The van der Waals surface area contributed by atoms with Crippen molar-refractivity contribution in [2.75, 3.05) is 31.3 Å². The Labute approximate surface area is 252 Å². The summed E-state index contributed by atoms with van der Waals surface area (Å²) in [5.74, 6) is 0.137. The lowest BCUT2D eigenvalue weighted by molar-refractivity contribution is -0.143. The highest BCUT2D eigenvalue weighted by Gasteiger charge is 2.42. The van der Waals surface area contributed by atoms with Crippen molar-refractivity contribution >= 4 is 58.2 Å². The molecule has 3 atom stereocenters. The molecule has 4 N–H and O–H groups in total. The number of amides is 3. The van der Waals surface area contributed by atoms with Gasteiger partial charge in [0.05, 0.1) is 24.4 Å². The van der Waals surface area contributed by atoms with Crippen LogP contribution < -0.4 is 26.0 Å². The van der Waals surface area contributed by atoms with E-state index in [1.807, 2.05) is 51.1 Å². The number of nitrogens with zero attached hydrogens (tertiary/aromatic N) is 3. The van der Waals surface area contributed by atoms with Gasteiger partial charge in [0.15, 0.2) is 0 Å². The number of para-hydroxylation sites is 1. The van der Waals surface area contributed by atoms with Gasteiger partial charge in [-0.15, -0.1) is 12.4 Å². The topological polar surface area (TPSA) is 138 Å². The smallest absolute Gasteiger partial charge is 0.247 e. The molecule has 2 heterocycles. The lowest BCUT2D eigenvalue weighted by Gasteiger charge is -2.36. The Hall–Kier alpha value is -3.96. The molecule has 4 rings (SSSR count). The van der Waals surface area contributed by atoms with Gasteiger partial charge in [0.25, 0.3) is 0 Å². The quantitative estimate of drug-likeness (QED) is 0.292. The number of likely N-dealkylation sites (tertiary alicyclic amines) is 1. The number of carbonyl (C=O) groups is 3. The minimum absolute atomic E-state index is 0. The molecule has 1 saturated heterocycles. The van der Waals surface area contributed by atoms with Crippen LogP contribution >= 0.6 is 12.4 Å². The van der Waals surface area contributed by atoms with E-state index < -0.39 is 23.5 Å². The Balaban J connectivity index is 0.00000484. The fourth-order valence-corrected chi connectivity index (χ4v) is 4.84. The third-order valence-corrected chi connectivity index (χ3v) is 7.32. The second-order valence-corrected chi connectivity index (χ2v) is 11.3. The molecule has 42 heavy (non-hydrogen) atoms. The zero-order valence-electron chi connectivity index (χ0n) is 24.9. The zero-order chi connectivity index (χ0) is 29.7. The summed E-state index contributed by atoms with van der Waals surface area (Å²) in [5.41, 5.74) is 1.39. The van der Waals surface area contributed by atoms with E-state index >= 15 is 0 Å². The number of halogens is 1. The largest absolute Gasteiger partial charge is 0.494 e. The van der Waals surface area contributed by atoms with Crippen LogP contribution in [0.15, 0.2) is 48.8 Å². The van der Waals surface area contributed by atoms with Crippen LogP contribution in [0.2, 0.25) is 0 Å². The van der Waals surface area contributed by atoms with Crippen LogP contribution in [0.3, 0.4) is 0 Å². The maximum Gasteiger partial charge on any atom is 0.247 e. The second-order valence-electron chi connectivity index (χ2n) is 11.3. The van der Waals surface area contributed by atoms with E-state index in [4.69, 9.17) is 4.74 Å². The van der Waals surface area contributed by atoms with Gasteiger partial charge in [-0.05, 0) is 50.4 Å². The Bertz CT molecular complexity index is 1410. The summed E-state index contributed by atoms with van der Waals surface area (Å²) in [6, 6.07) is 11.2. The first-order valence-electron chi connectivity index (χ1n) is 13.8. The predicted molar refractivity (Wildman–Crippen MR) is 166 cm³/mol. The van der Waals surface area contributed by atoms with Crippen molar-refractivity contribution in [3.8, 4) is 5.75 Å². The molecule has 0 saturated carbocycles. The third-order valence-electron chi connectivity index (χ3n) is 7.32. The molecule has 0 bridgehead atoms. The molecule has 1 aromatic heterocycles. The van der Waals surface area contributed by atoms with E-state index in [1.165, 1.54) is 13.4 Å². The third kappa shape index (κ3) is 7.27. The monoisotopic (exact) mass is 597 g/mol. The number of likely N-dealkylation sites (N-methyl/N-ethyl adjacent to an activating group) is 1. The van der Waals surface area contributed by atoms with Crippen molar-refractivity contribution in [2.45, 2.75) is 58.7 Å². The van der Waals surface area contributed by atoms with Gasteiger partial charge in [0.2, 0.25) is 17.7 Å². The van der Waals surface area contributed by atoms with Gasteiger partial charge in [-0.2, -0.15) is 0 Å². The average Bonchev–Trinajstić information content (AvgIpc) is 3.45. The number of ether oxygens (including phenoxy) is 1. The fourth-order valence-electron chi connectivity index (χ4n) is 4.84. The number of hydrogen-bond donors (Lipinski definition) is 4. The predicted octanol–water partition coefficient (Wildman–Crippen LogP) is 3.87. The molecule has 3 aromatic rings. The Morgan fingerprint density at radius 2 is 1.81 bits per heavy atom. The number of rotatable bonds is 9. The zero-order valence-corrected chi connectivity index (χ0v) is 25.7. The van der Waals surface area contributed by atoms with Crippen LogP contribution in [-0.2, 0) is 14.4 Å². The number of carbonyl (C=O) groups excluding carboxylic acids is 3. The molecular weight excluding hydrogens is 558 g/mol. The summed E-state index contributed by atoms with van der Waals surface area (Å²) in [6.45, 7) is 7.85. The van der Waals surface area contributed by atoms with E-state index in [0.29, 0.717) is 47.5 Å². The summed E-state index contributed by atoms with van der Waals surface area (Å²) >= 11 is 0. The average molecular weight is 598 g/mol. The number of anilines is 3. The fraction of sp³-hybridized carbons (Fsp3) is 0.433. The minimum atomic E-state index is -0.793. The van der Waals surface area contributed by atoms with Gasteiger partial charge in [-0.25, -0.2) is 9.97 Å². The number of fused-ring (bicyclic) bond motifs is 1. The van der Waals surface area contributed by atoms with Crippen molar-refractivity contribution in [1.82, 2.24) is 25.5 Å². The summed E-state index contributed by atoms with van der Waals surface area (Å²) in [6.07, 6.45) is 2.65. The molecule has 0 spiro atoms. The Kier molecular flexibility index (Phi) is 10.7. The normalized spacial score (nSPS) is 16.2. The van der Waals surface area contributed by atoms with Crippen LogP contribution in [0.1, 0.15) is 40.5 Å². The van der Waals surface area contributed by atoms with Crippen LogP contribution in [0, 0.1) is 5.41 Å². The van der Waals surface area contributed by atoms with Crippen LogP contribution in [-0.4, -0.2) is 71.4 Å². The van der Waals surface area contributed by atoms with Crippen molar-refractivity contribution < 1.29 is 19.1 Å². The SMILES string of the molecule is CN[C@@H](C)C(=O)N[C@H](C(=O)N1CCC[C@H]1C(=O)Nc1cc2c(Nc3ccccc3)ncnc2cc1OC)C(C)(C)C.Cl. The molecule has 3 amide bonds. The minimum Gasteiger partial charge on any atom is -0.494 e. The summed E-state index contributed by atoms with van der Waals surface area (Å²) in [5, 5.41) is 12.8. The maximum atomic E-state index is 13.8. The molecule has 0 unspecified atom stereocenters. The van der Waals surface area contributed by atoms with Crippen LogP contribution in [0.5, 0.6) is 5.75 Å². The van der Waals surface area contributed by atoms with Crippen molar-refractivity contribution in [3.63, 3.8) is 0 Å². The highest BCUT2D eigenvalue weighted by atomic mass is 35.5. The first-order chi connectivity index (χ1) is 19.5. The first kappa shape index (κ1) is 32.6.